The van der Waals surface area contributed by atoms with Gasteiger partial charge in [0.05, 0.1) is 12.5 Å². The second kappa shape index (κ2) is 11.9. The van der Waals surface area contributed by atoms with Crippen molar-refractivity contribution in [1.29, 1.82) is 0 Å². The Morgan fingerprint density at radius 2 is 1.86 bits per heavy atom. The summed E-state index contributed by atoms with van der Waals surface area (Å²) in [6.07, 6.45) is 1.72. The van der Waals surface area contributed by atoms with E-state index in [1.165, 1.54) is 4.90 Å². The van der Waals surface area contributed by atoms with Crippen LogP contribution in [-0.4, -0.2) is 86.2 Å². The fourth-order valence-electron chi connectivity index (χ4n) is 4.23. The van der Waals surface area contributed by atoms with Crippen LogP contribution in [0.4, 0.5) is 0 Å². The van der Waals surface area contributed by atoms with E-state index in [1.807, 2.05) is 24.3 Å². The molecule has 1 fully saturated rings. The number of aromatic nitrogens is 1. The maximum Gasteiger partial charge on any atom is 0.326 e. The van der Waals surface area contributed by atoms with Gasteiger partial charge in [0.25, 0.3) is 0 Å². The molecule has 3 amide bonds. The molecule has 0 bridgehead atoms. The van der Waals surface area contributed by atoms with E-state index >= 15 is 0 Å². The average molecular weight is 520 g/mol. The molecule has 1 aliphatic rings. The van der Waals surface area contributed by atoms with Gasteiger partial charge < -0.3 is 36.5 Å². The van der Waals surface area contributed by atoms with Crippen LogP contribution in [0.2, 0.25) is 0 Å². The maximum atomic E-state index is 13.2. The summed E-state index contributed by atoms with van der Waals surface area (Å²) in [6, 6.07) is 2.63. The van der Waals surface area contributed by atoms with Crippen LogP contribution in [0, 0.1) is 0 Å². The molecule has 4 unspecified atom stereocenters. The van der Waals surface area contributed by atoms with Gasteiger partial charge in [-0.3, -0.25) is 19.2 Å². The molecule has 0 spiro atoms. The number of amides is 3. The molecule has 13 heteroatoms. The normalized spacial score (nSPS) is 17.8. The number of rotatable bonds is 11. The summed E-state index contributed by atoms with van der Waals surface area (Å²) in [5.41, 5.74) is 7.16. The number of H-pyrrole nitrogens is 1. The van der Waals surface area contributed by atoms with Crippen LogP contribution in [0.15, 0.2) is 30.5 Å². The molecule has 7 N–H and O–H groups in total. The Kier molecular flexibility index (Phi) is 8.93. The van der Waals surface area contributed by atoms with Crippen molar-refractivity contribution in [2.24, 2.45) is 5.73 Å². The van der Waals surface area contributed by atoms with E-state index in [2.05, 4.69) is 28.2 Å². The number of carboxylic acid groups (broad SMARTS) is 2. The highest BCUT2D eigenvalue weighted by Crippen LogP contribution is 2.22. The van der Waals surface area contributed by atoms with Gasteiger partial charge in [-0.1, -0.05) is 18.2 Å². The molecule has 1 aliphatic heterocycles. The predicted molar refractivity (Wildman–Crippen MR) is 132 cm³/mol. The number of carbonyl (C=O) groups excluding carboxylic acids is 3. The molecule has 12 nitrogen and oxygen atoms in total. The number of fused-ring (bicyclic) bond motifs is 1. The van der Waals surface area contributed by atoms with E-state index in [0.29, 0.717) is 12.0 Å². The van der Waals surface area contributed by atoms with Crippen molar-refractivity contribution < 1.29 is 34.2 Å². The second-order valence-corrected chi connectivity index (χ2v) is 8.97. The lowest BCUT2D eigenvalue weighted by Gasteiger charge is -2.29. The molecule has 0 saturated carbocycles. The number of hydrogen-bond donors (Lipinski definition) is 7. The van der Waals surface area contributed by atoms with Crippen molar-refractivity contribution in [3.05, 3.63) is 36.0 Å². The van der Waals surface area contributed by atoms with Crippen LogP contribution in [0.5, 0.6) is 0 Å². The molecule has 36 heavy (non-hydrogen) atoms. The number of para-hydroxylation sites is 1. The molecule has 1 aromatic carbocycles. The Morgan fingerprint density at radius 1 is 1.14 bits per heavy atom. The Morgan fingerprint density at radius 3 is 2.53 bits per heavy atom. The number of aromatic amines is 1. The van der Waals surface area contributed by atoms with E-state index in [4.69, 9.17) is 5.73 Å². The van der Waals surface area contributed by atoms with Gasteiger partial charge >= 0.3 is 11.9 Å². The first kappa shape index (κ1) is 27.0. The summed E-state index contributed by atoms with van der Waals surface area (Å²) in [4.78, 5) is 65.9. The van der Waals surface area contributed by atoms with Gasteiger partial charge in [0, 0.05) is 35.8 Å². The maximum absolute atomic E-state index is 13.2. The lowest BCUT2D eigenvalue weighted by atomic mass is 10.0. The van der Waals surface area contributed by atoms with Crippen molar-refractivity contribution in [3.63, 3.8) is 0 Å². The summed E-state index contributed by atoms with van der Waals surface area (Å²) in [5, 5.41) is 24.6. The Bertz CT molecular complexity index is 1150. The van der Waals surface area contributed by atoms with Crippen molar-refractivity contribution in [3.8, 4) is 0 Å². The molecule has 4 atom stereocenters. The quantitative estimate of drug-likeness (QED) is 0.193. The number of nitrogens with zero attached hydrogens (tertiary/aromatic N) is 1. The molecule has 1 aromatic heterocycles. The number of thiol groups is 1. The Balaban J connectivity index is 1.73. The van der Waals surface area contributed by atoms with Crippen molar-refractivity contribution >= 4 is 53.2 Å². The van der Waals surface area contributed by atoms with Gasteiger partial charge in [0.2, 0.25) is 17.7 Å². The standard InChI is InChI=1S/C23H29N5O7S/c24-14(11-36)20(31)26-16(9-19(29)30)22(33)28-7-3-6-18(28)21(32)27-17(23(34)35)8-12-10-25-15-5-2-1-4-13(12)15/h1-2,4-5,10,14,16-18,25,36H,3,6-9,11,24H2,(H,26,31)(H,27,32)(H,29,30)(H,34,35). The van der Waals surface area contributed by atoms with Gasteiger partial charge in [-0.15, -0.1) is 0 Å². The number of hydrogen-bond acceptors (Lipinski definition) is 7. The van der Waals surface area contributed by atoms with Crippen LogP contribution in [0.1, 0.15) is 24.8 Å². The third-order valence-corrected chi connectivity index (χ3v) is 6.47. The van der Waals surface area contributed by atoms with Gasteiger partial charge in [-0.2, -0.15) is 12.6 Å². The zero-order valence-electron chi connectivity index (χ0n) is 19.3. The largest absolute Gasteiger partial charge is 0.481 e. The van der Waals surface area contributed by atoms with E-state index in [9.17, 15) is 34.2 Å². The molecule has 3 rings (SSSR count). The summed E-state index contributed by atoms with van der Waals surface area (Å²) < 4.78 is 0. The van der Waals surface area contributed by atoms with E-state index in [-0.39, 0.29) is 25.1 Å². The van der Waals surface area contributed by atoms with Crippen molar-refractivity contribution in [2.75, 3.05) is 12.3 Å². The molecule has 1 saturated heterocycles. The molecule has 0 radical (unpaired) electrons. The fraction of sp³-hybridized carbons (Fsp3) is 0.435. The third-order valence-electron chi connectivity index (χ3n) is 6.08. The first-order valence-corrected chi connectivity index (χ1v) is 12.0. The molecule has 2 heterocycles. The van der Waals surface area contributed by atoms with Crippen LogP contribution >= 0.6 is 12.6 Å². The minimum Gasteiger partial charge on any atom is -0.481 e. The van der Waals surface area contributed by atoms with Crippen molar-refractivity contribution in [1.82, 2.24) is 20.5 Å². The number of aliphatic carboxylic acids is 2. The first-order chi connectivity index (χ1) is 17.1. The number of carboxylic acids is 2. The predicted octanol–water partition coefficient (Wildman–Crippen LogP) is -0.513. The number of likely N-dealkylation sites (tertiary alicyclic amines) is 1. The molecular weight excluding hydrogens is 490 g/mol. The van der Waals surface area contributed by atoms with Crippen LogP contribution in [-0.2, 0) is 30.4 Å². The monoisotopic (exact) mass is 519 g/mol. The first-order valence-electron chi connectivity index (χ1n) is 11.4. The molecule has 194 valence electrons. The molecular formula is C23H29N5O7S. The Labute approximate surface area is 212 Å². The fourth-order valence-corrected chi connectivity index (χ4v) is 4.39. The summed E-state index contributed by atoms with van der Waals surface area (Å²) in [7, 11) is 0. The lowest BCUT2D eigenvalue weighted by Crippen LogP contribution is -2.57. The number of nitrogens with two attached hydrogens (primary N) is 1. The second-order valence-electron chi connectivity index (χ2n) is 8.60. The number of carbonyl (C=O) groups is 5. The minimum absolute atomic E-state index is 0.0123. The smallest absolute Gasteiger partial charge is 0.326 e. The van der Waals surface area contributed by atoms with Gasteiger partial charge in [-0.05, 0) is 24.5 Å². The lowest BCUT2D eigenvalue weighted by molar-refractivity contribution is -0.147. The van der Waals surface area contributed by atoms with Gasteiger partial charge in [0.15, 0.2) is 0 Å². The van der Waals surface area contributed by atoms with E-state index in [1.54, 1.807) is 6.20 Å². The summed E-state index contributed by atoms with van der Waals surface area (Å²) in [5.74, 6) is -4.73. The van der Waals surface area contributed by atoms with E-state index < -0.39 is 60.2 Å². The van der Waals surface area contributed by atoms with E-state index in [0.717, 1.165) is 10.9 Å². The highest BCUT2D eigenvalue weighted by atomic mass is 32.1. The molecule has 2 aromatic rings. The molecule has 0 aliphatic carbocycles. The SMILES string of the molecule is NC(CS)C(=O)NC(CC(=O)O)C(=O)N1CCCC1C(=O)NC(Cc1c[nH]c2ccccc12)C(=O)O. The summed E-state index contributed by atoms with van der Waals surface area (Å²) in [6.45, 7) is 0.154. The zero-order valence-corrected chi connectivity index (χ0v) is 20.2. The topological polar surface area (TPSA) is 195 Å². The third kappa shape index (κ3) is 6.34. The highest BCUT2D eigenvalue weighted by Gasteiger charge is 2.39. The number of benzene rings is 1. The zero-order chi connectivity index (χ0) is 26.4. The highest BCUT2D eigenvalue weighted by molar-refractivity contribution is 7.80. The summed E-state index contributed by atoms with van der Waals surface area (Å²) >= 11 is 3.93. The van der Waals surface area contributed by atoms with Gasteiger partial charge in [0.1, 0.15) is 18.1 Å². The van der Waals surface area contributed by atoms with Gasteiger partial charge in [-0.25, -0.2) is 4.79 Å². The van der Waals surface area contributed by atoms with Crippen LogP contribution in [0.3, 0.4) is 0 Å². The van der Waals surface area contributed by atoms with Crippen molar-refractivity contribution in [2.45, 2.75) is 49.9 Å². The number of nitrogens with one attached hydrogen (secondary N) is 3. The minimum atomic E-state index is -1.43. The van der Waals surface area contributed by atoms with Crippen LogP contribution in [0.25, 0.3) is 10.9 Å². The Hall–Kier alpha value is -3.58. The average Bonchev–Trinajstić information content (AvgIpc) is 3.49. The van der Waals surface area contributed by atoms with Crippen LogP contribution < -0.4 is 16.4 Å².